The van der Waals surface area contributed by atoms with Crippen LogP contribution in [0.4, 0.5) is 5.82 Å². The van der Waals surface area contributed by atoms with Crippen LogP contribution in [0.2, 0.25) is 0 Å². The zero-order valence-electron chi connectivity index (χ0n) is 18.4. The predicted molar refractivity (Wildman–Crippen MR) is 123 cm³/mol. The van der Waals surface area contributed by atoms with Crippen molar-refractivity contribution in [1.82, 2.24) is 24.2 Å². The molecule has 0 amide bonds. The van der Waals surface area contributed by atoms with Crippen LogP contribution >= 0.6 is 0 Å². The van der Waals surface area contributed by atoms with Gasteiger partial charge < -0.3 is 14.6 Å². The number of nitrogens with zero attached hydrogens (tertiary/aromatic N) is 5. The van der Waals surface area contributed by atoms with Gasteiger partial charge in [0.2, 0.25) is 10.0 Å². The summed E-state index contributed by atoms with van der Waals surface area (Å²) in [5.74, 6) is 1.52. The van der Waals surface area contributed by atoms with Crippen LogP contribution in [-0.2, 0) is 14.8 Å². The third-order valence-electron chi connectivity index (χ3n) is 6.37. The Labute approximate surface area is 187 Å². The Morgan fingerprint density at radius 3 is 2.91 bits per heavy atom. The molecular weight excluding hydrogens is 428 g/mol. The Balaban J connectivity index is 1.61. The van der Waals surface area contributed by atoms with Crippen molar-refractivity contribution in [2.75, 3.05) is 44.0 Å². The summed E-state index contributed by atoms with van der Waals surface area (Å²) in [4.78, 5) is 19.7. The molecule has 1 N–H and O–H groups in total. The van der Waals surface area contributed by atoms with Crippen LogP contribution in [0, 0.1) is 0 Å². The fraction of sp³-hybridized carbons (Fsp3) is 0.500. The number of piperidine rings is 1. The normalized spacial score (nSPS) is 23.0. The van der Waals surface area contributed by atoms with Gasteiger partial charge in [0.05, 0.1) is 31.2 Å². The van der Waals surface area contributed by atoms with E-state index in [9.17, 15) is 8.42 Å². The molecule has 2 aliphatic rings. The third kappa shape index (κ3) is 4.10. The van der Waals surface area contributed by atoms with Crippen LogP contribution in [0.5, 0.6) is 0 Å². The lowest BCUT2D eigenvalue weighted by atomic mass is 9.95. The van der Waals surface area contributed by atoms with Gasteiger partial charge in [-0.25, -0.2) is 27.7 Å². The molecule has 10 heteroatoms. The van der Waals surface area contributed by atoms with Gasteiger partial charge in [0.1, 0.15) is 11.5 Å². The summed E-state index contributed by atoms with van der Waals surface area (Å²) < 4.78 is 31.6. The van der Waals surface area contributed by atoms with Gasteiger partial charge in [-0.1, -0.05) is 0 Å². The van der Waals surface area contributed by atoms with E-state index in [1.54, 1.807) is 10.5 Å². The number of nitrogens with one attached hydrogen (secondary N) is 1. The third-order valence-corrected chi connectivity index (χ3v) is 7.64. The molecule has 9 nitrogen and oxygen atoms in total. The summed E-state index contributed by atoms with van der Waals surface area (Å²) in [7, 11) is -3.24. The number of hydrogen-bond acceptors (Lipinski definition) is 7. The molecule has 0 spiro atoms. The fourth-order valence-electron chi connectivity index (χ4n) is 4.64. The van der Waals surface area contributed by atoms with Gasteiger partial charge in [-0.15, -0.1) is 0 Å². The van der Waals surface area contributed by atoms with Crippen LogP contribution in [0.3, 0.4) is 0 Å². The van der Waals surface area contributed by atoms with Gasteiger partial charge in [-0.2, -0.15) is 0 Å². The van der Waals surface area contributed by atoms with E-state index in [1.807, 2.05) is 24.4 Å². The maximum Gasteiger partial charge on any atom is 0.211 e. The van der Waals surface area contributed by atoms with E-state index in [2.05, 4.69) is 21.8 Å². The first-order valence-electron chi connectivity index (χ1n) is 11.0. The van der Waals surface area contributed by atoms with Gasteiger partial charge in [0, 0.05) is 55.0 Å². The number of hydrogen-bond donors (Lipinski definition) is 1. The van der Waals surface area contributed by atoms with Gasteiger partial charge >= 0.3 is 0 Å². The molecule has 0 saturated carbocycles. The van der Waals surface area contributed by atoms with E-state index in [-0.39, 0.29) is 12.0 Å². The van der Waals surface area contributed by atoms with E-state index >= 15 is 0 Å². The van der Waals surface area contributed by atoms with Crippen LogP contribution in [-0.4, -0.2) is 77.8 Å². The van der Waals surface area contributed by atoms with E-state index in [4.69, 9.17) is 14.7 Å². The number of aromatic amines is 1. The van der Waals surface area contributed by atoms with Crippen LogP contribution in [0.1, 0.15) is 31.4 Å². The van der Waals surface area contributed by atoms with Crippen molar-refractivity contribution in [1.29, 1.82) is 0 Å². The Morgan fingerprint density at radius 1 is 1.22 bits per heavy atom. The molecule has 32 heavy (non-hydrogen) atoms. The molecule has 0 bridgehead atoms. The highest BCUT2D eigenvalue weighted by Gasteiger charge is 2.30. The highest BCUT2D eigenvalue weighted by atomic mass is 32.2. The lowest BCUT2D eigenvalue weighted by molar-refractivity contribution is 0.0985. The fourth-order valence-corrected chi connectivity index (χ4v) is 5.55. The van der Waals surface area contributed by atoms with Crippen LogP contribution in [0.15, 0.2) is 30.6 Å². The molecule has 1 unspecified atom stereocenters. The standard InChI is InChI=1S/C22H28N6O3S/c1-15-14-31-11-10-28(15)20-12-19(16-4-3-9-27(13-16)32(2,29)30)25-22(26-20)18-6-8-24-21-17(18)5-7-23-21/h5-8,12,15-16H,3-4,9-11,13-14H2,1-2H3,(H,23,24)/t15-,16?/m1/s1. The lowest BCUT2D eigenvalue weighted by Gasteiger charge is -2.35. The number of H-pyrrole nitrogens is 1. The van der Waals surface area contributed by atoms with Crippen molar-refractivity contribution in [3.05, 3.63) is 36.3 Å². The van der Waals surface area contributed by atoms with Crippen molar-refractivity contribution in [3.63, 3.8) is 0 Å². The second-order valence-electron chi connectivity index (χ2n) is 8.65. The Hall–Kier alpha value is -2.56. The van der Waals surface area contributed by atoms with Gasteiger partial charge in [0.25, 0.3) is 0 Å². The summed E-state index contributed by atoms with van der Waals surface area (Å²) in [6.07, 6.45) is 6.61. The largest absolute Gasteiger partial charge is 0.377 e. The average molecular weight is 457 g/mol. The monoisotopic (exact) mass is 456 g/mol. The molecule has 170 valence electrons. The molecular formula is C22H28N6O3S. The van der Waals surface area contributed by atoms with E-state index < -0.39 is 10.0 Å². The molecule has 3 aromatic heterocycles. The summed E-state index contributed by atoms with van der Waals surface area (Å²) in [5, 5.41) is 0.965. The topological polar surface area (TPSA) is 104 Å². The molecule has 0 aliphatic carbocycles. The molecule has 5 heterocycles. The van der Waals surface area contributed by atoms with Crippen molar-refractivity contribution in [2.45, 2.75) is 31.7 Å². The number of ether oxygens (including phenoxy) is 1. The molecule has 0 aromatic carbocycles. The number of anilines is 1. The van der Waals surface area contributed by atoms with Crippen LogP contribution in [0.25, 0.3) is 22.4 Å². The zero-order chi connectivity index (χ0) is 22.3. The Bertz CT molecular complexity index is 1230. The number of fused-ring (bicyclic) bond motifs is 1. The van der Waals surface area contributed by atoms with Crippen molar-refractivity contribution >= 4 is 26.9 Å². The first-order chi connectivity index (χ1) is 15.4. The second-order valence-corrected chi connectivity index (χ2v) is 10.6. The molecule has 2 fully saturated rings. The predicted octanol–water partition coefficient (Wildman–Crippen LogP) is 2.38. The Kier molecular flexibility index (Phi) is 5.60. The minimum Gasteiger partial charge on any atom is -0.377 e. The zero-order valence-corrected chi connectivity index (χ0v) is 19.2. The number of pyridine rings is 1. The molecule has 3 aromatic rings. The summed E-state index contributed by atoms with van der Waals surface area (Å²) in [6.45, 7) is 5.20. The molecule has 2 aliphatic heterocycles. The summed E-state index contributed by atoms with van der Waals surface area (Å²) in [6, 6.07) is 6.15. The van der Waals surface area contributed by atoms with E-state index in [0.29, 0.717) is 32.1 Å². The molecule has 0 radical (unpaired) electrons. The highest BCUT2D eigenvalue weighted by Crippen LogP contribution is 2.33. The van der Waals surface area contributed by atoms with Gasteiger partial charge in [-0.3, -0.25) is 0 Å². The number of morpholine rings is 1. The first-order valence-corrected chi connectivity index (χ1v) is 12.9. The number of aromatic nitrogens is 4. The number of rotatable bonds is 4. The summed E-state index contributed by atoms with van der Waals surface area (Å²) >= 11 is 0. The maximum absolute atomic E-state index is 12.2. The van der Waals surface area contributed by atoms with Crippen molar-refractivity contribution in [3.8, 4) is 11.4 Å². The molecule has 2 saturated heterocycles. The lowest BCUT2D eigenvalue weighted by Crippen LogP contribution is -2.44. The van der Waals surface area contributed by atoms with E-state index in [1.165, 1.54) is 6.26 Å². The van der Waals surface area contributed by atoms with Gasteiger partial charge in [0.15, 0.2) is 5.82 Å². The smallest absolute Gasteiger partial charge is 0.211 e. The van der Waals surface area contributed by atoms with E-state index in [0.717, 1.165) is 47.5 Å². The molecule has 2 atom stereocenters. The average Bonchev–Trinajstić information content (AvgIpc) is 3.28. The SMILES string of the molecule is C[C@@H]1COCCN1c1cc(C2CCCN(S(C)(=O)=O)C2)nc(-c2ccnc3[nH]ccc23)n1. The number of sulfonamides is 1. The second kappa shape index (κ2) is 8.42. The quantitative estimate of drug-likeness (QED) is 0.643. The van der Waals surface area contributed by atoms with Gasteiger partial charge in [-0.05, 0) is 31.9 Å². The molecule has 5 rings (SSSR count). The van der Waals surface area contributed by atoms with Crippen LogP contribution < -0.4 is 4.90 Å². The maximum atomic E-state index is 12.2. The Morgan fingerprint density at radius 2 is 2.09 bits per heavy atom. The minimum atomic E-state index is -3.24. The first kappa shape index (κ1) is 21.3. The van der Waals surface area contributed by atoms with Crippen molar-refractivity contribution < 1.29 is 13.2 Å². The highest BCUT2D eigenvalue weighted by molar-refractivity contribution is 7.88. The minimum absolute atomic E-state index is 0.0267. The summed E-state index contributed by atoms with van der Waals surface area (Å²) in [5.41, 5.74) is 2.59. The van der Waals surface area contributed by atoms with Crippen molar-refractivity contribution in [2.24, 2.45) is 0 Å².